The summed E-state index contributed by atoms with van der Waals surface area (Å²) in [5.41, 5.74) is 0.955. The molecule has 0 N–H and O–H groups in total. The number of aromatic nitrogens is 1. The Balaban J connectivity index is 1.51. The summed E-state index contributed by atoms with van der Waals surface area (Å²) in [6.45, 7) is 1.97. The van der Waals surface area contributed by atoms with Crippen molar-refractivity contribution in [3.8, 4) is 0 Å². The Kier molecular flexibility index (Phi) is 5.36. The molecule has 2 fully saturated rings. The van der Waals surface area contributed by atoms with Gasteiger partial charge in [-0.1, -0.05) is 24.3 Å². The van der Waals surface area contributed by atoms with Crippen molar-refractivity contribution >= 4 is 17.5 Å². The molecule has 1 spiro atoms. The molecule has 0 bridgehead atoms. The van der Waals surface area contributed by atoms with Gasteiger partial charge in [0.2, 0.25) is 5.91 Å². The highest BCUT2D eigenvalue weighted by molar-refractivity contribution is 5.94. The second kappa shape index (κ2) is 8.08. The van der Waals surface area contributed by atoms with E-state index < -0.39 is 5.60 Å². The summed E-state index contributed by atoms with van der Waals surface area (Å²) >= 11 is 0. The van der Waals surface area contributed by atoms with Crippen LogP contribution in [0.2, 0.25) is 0 Å². The number of amides is 2. The number of nitrogens with zero attached hydrogens (tertiary/aromatic N) is 3. The zero-order chi connectivity index (χ0) is 19.4. The fourth-order valence-electron chi connectivity index (χ4n) is 3.70. The third-order valence-corrected chi connectivity index (χ3v) is 5.09. The molecule has 2 amide bonds. The number of para-hydroxylation sites is 1. The molecule has 1 unspecified atom stereocenters. The quantitative estimate of drug-likeness (QED) is 0.801. The van der Waals surface area contributed by atoms with Gasteiger partial charge in [-0.05, 0) is 23.8 Å². The molecular formula is C21H23N3O4. The maximum atomic E-state index is 12.8. The van der Waals surface area contributed by atoms with Crippen LogP contribution in [0.5, 0.6) is 0 Å². The Morgan fingerprint density at radius 1 is 1.14 bits per heavy atom. The zero-order valence-electron chi connectivity index (χ0n) is 15.6. The molecule has 146 valence electrons. The molecule has 1 aromatic carbocycles. The van der Waals surface area contributed by atoms with E-state index in [4.69, 9.17) is 9.47 Å². The Bertz CT molecular complexity index is 830. The fourth-order valence-corrected chi connectivity index (χ4v) is 3.70. The van der Waals surface area contributed by atoms with Gasteiger partial charge in [0.15, 0.2) is 0 Å². The molecule has 7 heteroatoms. The standard InChI is InChI=1S/C21H23N3O4/c25-19(11-17-5-4-8-22-12-17)23-9-10-28-21(14-23)15-24(20(26)13-27-16-21)18-6-2-1-3-7-18/h1-8,12H,9-11,13-16H2. The molecule has 3 heterocycles. The normalized spacial score (nSPS) is 22.9. The van der Waals surface area contributed by atoms with Crippen molar-refractivity contribution in [3.63, 3.8) is 0 Å². The Labute approximate surface area is 163 Å². The van der Waals surface area contributed by atoms with Gasteiger partial charge in [0.1, 0.15) is 12.2 Å². The number of pyridine rings is 1. The number of hydrogen-bond donors (Lipinski definition) is 0. The van der Waals surface area contributed by atoms with Gasteiger partial charge in [-0.2, -0.15) is 0 Å². The third kappa shape index (κ3) is 4.05. The average Bonchev–Trinajstić information content (AvgIpc) is 2.88. The number of anilines is 1. The summed E-state index contributed by atoms with van der Waals surface area (Å²) in [6.07, 6.45) is 3.69. The highest BCUT2D eigenvalue weighted by Crippen LogP contribution is 2.26. The largest absolute Gasteiger partial charge is 0.368 e. The van der Waals surface area contributed by atoms with E-state index in [1.807, 2.05) is 42.5 Å². The number of hydrogen-bond acceptors (Lipinski definition) is 5. The van der Waals surface area contributed by atoms with Crippen LogP contribution < -0.4 is 4.90 Å². The molecule has 0 aliphatic carbocycles. The number of carbonyl (C=O) groups is 2. The van der Waals surface area contributed by atoms with Crippen molar-refractivity contribution in [1.82, 2.24) is 9.88 Å². The highest BCUT2D eigenvalue weighted by atomic mass is 16.5. The Morgan fingerprint density at radius 2 is 2.00 bits per heavy atom. The first-order valence-electron chi connectivity index (χ1n) is 9.39. The monoisotopic (exact) mass is 381 g/mol. The van der Waals surface area contributed by atoms with Crippen LogP contribution in [0.25, 0.3) is 0 Å². The van der Waals surface area contributed by atoms with E-state index in [0.717, 1.165) is 11.3 Å². The third-order valence-electron chi connectivity index (χ3n) is 5.09. The van der Waals surface area contributed by atoms with E-state index in [0.29, 0.717) is 32.7 Å². The summed E-state index contributed by atoms with van der Waals surface area (Å²) in [6, 6.07) is 13.2. The minimum atomic E-state index is -0.731. The molecule has 2 aliphatic rings. The predicted molar refractivity (Wildman–Crippen MR) is 103 cm³/mol. The van der Waals surface area contributed by atoms with E-state index in [1.165, 1.54) is 0 Å². The van der Waals surface area contributed by atoms with Gasteiger partial charge >= 0.3 is 0 Å². The number of rotatable bonds is 3. The molecule has 0 saturated carbocycles. The van der Waals surface area contributed by atoms with Gasteiger partial charge in [0.05, 0.1) is 32.7 Å². The molecule has 2 saturated heterocycles. The zero-order valence-corrected chi connectivity index (χ0v) is 15.6. The second-order valence-electron chi connectivity index (χ2n) is 7.19. The van der Waals surface area contributed by atoms with Crippen LogP contribution >= 0.6 is 0 Å². The molecule has 1 aromatic heterocycles. The number of morpholine rings is 1. The van der Waals surface area contributed by atoms with Gasteiger partial charge in [-0.25, -0.2) is 0 Å². The lowest BCUT2D eigenvalue weighted by atomic mass is 10.0. The Morgan fingerprint density at radius 3 is 2.79 bits per heavy atom. The van der Waals surface area contributed by atoms with Crippen LogP contribution in [0.1, 0.15) is 5.56 Å². The van der Waals surface area contributed by atoms with Gasteiger partial charge in [-0.15, -0.1) is 0 Å². The van der Waals surface area contributed by atoms with Crippen molar-refractivity contribution in [2.24, 2.45) is 0 Å². The number of benzene rings is 1. The summed E-state index contributed by atoms with van der Waals surface area (Å²) in [5.74, 6) is -0.0806. The summed E-state index contributed by atoms with van der Waals surface area (Å²) < 4.78 is 11.7. The summed E-state index contributed by atoms with van der Waals surface area (Å²) in [5, 5.41) is 0. The summed E-state index contributed by atoms with van der Waals surface area (Å²) in [7, 11) is 0. The number of carbonyl (C=O) groups excluding carboxylic acids is 2. The molecule has 4 rings (SSSR count). The van der Waals surface area contributed by atoms with Crippen molar-refractivity contribution in [2.45, 2.75) is 12.0 Å². The molecule has 7 nitrogen and oxygen atoms in total. The van der Waals surface area contributed by atoms with Crippen molar-refractivity contribution in [3.05, 3.63) is 60.4 Å². The van der Waals surface area contributed by atoms with Crippen LogP contribution in [0.15, 0.2) is 54.9 Å². The predicted octanol–water partition coefficient (Wildman–Crippen LogP) is 1.29. The van der Waals surface area contributed by atoms with E-state index in [9.17, 15) is 9.59 Å². The van der Waals surface area contributed by atoms with E-state index >= 15 is 0 Å². The maximum Gasteiger partial charge on any atom is 0.253 e. The summed E-state index contributed by atoms with van der Waals surface area (Å²) in [4.78, 5) is 32.9. The first-order chi connectivity index (χ1) is 13.7. The van der Waals surface area contributed by atoms with Crippen LogP contribution in [0, 0.1) is 0 Å². The molecule has 2 aromatic rings. The average molecular weight is 381 g/mol. The van der Waals surface area contributed by atoms with E-state index in [2.05, 4.69) is 4.98 Å². The van der Waals surface area contributed by atoms with Crippen molar-refractivity contribution < 1.29 is 19.1 Å². The molecule has 0 radical (unpaired) electrons. The van der Waals surface area contributed by atoms with Gasteiger partial charge < -0.3 is 19.3 Å². The van der Waals surface area contributed by atoms with Crippen LogP contribution in [-0.2, 0) is 25.5 Å². The van der Waals surface area contributed by atoms with E-state index in [1.54, 1.807) is 22.2 Å². The van der Waals surface area contributed by atoms with Crippen LogP contribution in [-0.4, -0.2) is 66.8 Å². The minimum absolute atomic E-state index is 0.00361. The van der Waals surface area contributed by atoms with Gasteiger partial charge in [-0.3, -0.25) is 14.6 Å². The van der Waals surface area contributed by atoms with Gasteiger partial charge in [0.25, 0.3) is 5.91 Å². The van der Waals surface area contributed by atoms with Gasteiger partial charge in [0, 0.05) is 24.6 Å². The highest BCUT2D eigenvalue weighted by Gasteiger charge is 2.43. The lowest BCUT2D eigenvalue weighted by Crippen LogP contribution is -2.60. The lowest BCUT2D eigenvalue weighted by molar-refractivity contribution is -0.157. The van der Waals surface area contributed by atoms with Crippen molar-refractivity contribution in [1.29, 1.82) is 0 Å². The fraction of sp³-hybridized carbons (Fsp3) is 0.381. The molecule has 1 atom stereocenters. The van der Waals surface area contributed by atoms with Crippen LogP contribution in [0.3, 0.4) is 0 Å². The molecule has 28 heavy (non-hydrogen) atoms. The van der Waals surface area contributed by atoms with Crippen LogP contribution in [0.4, 0.5) is 5.69 Å². The first-order valence-corrected chi connectivity index (χ1v) is 9.39. The van der Waals surface area contributed by atoms with E-state index in [-0.39, 0.29) is 25.0 Å². The minimum Gasteiger partial charge on any atom is -0.368 e. The molecule has 2 aliphatic heterocycles. The van der Waals surface area contributed by atoms with Crippen molar-refractivity contribution in [2.75, 3.05) is 44.4 Å². The first kappa shape index (κ1) is 18.6. The SMILES string of the molecule is O=C(Cc1cccnc1)N1CCOC2(COCC(=O)N(c3ccccc3)C2)C1. The Hall–Kier alpha value is -2.77. The number of ether oxygens (including phenoxy) is 2. The topological polar surface area (TPSA) is 72.0 Å². The second-order valence-corrected chi connectivity index (χ2v) is 7.19. The smallest absolute Gasteiger partial charge is 0.253 e. The maximum absolute atomic E-state index is 12.8. The lowest BCUT2D eigenvalue weighted by Gasteiger charge is -2.43. The molecular weight excluding hydrogens is 358 g/mol.